The Morgan fingerprint density at radius 3 is 2.65 bits per heavy atom. The Hall–Kier alpha value is -0.130. The lowest BCUT2D eigenvalue weighted by molar-refractivity contribution is 0.0730. The molecule has 1 aliphatic heterocycles. The summed E-state index contributed by atoms with van der Waals surface area (Å²) in [6.45, 7) is 4.83. The molecular formula is C11H25IN4O3S. The Morgan fingerprint density at radius 2 is 2.05 bits per heavy atom. The molecule has 0 aromatic heterocycles. The van der Waals surface area contributed by atoms with Crippen LogP contribution in [0.1, 0.15) is 19.8 Å². The monoisotopic (exact) mass is 420 g/mol. The third-order valence-electron chi connectivity index (χ3n) is 2.82. The van der Waals surface area contributed by atoms with Gasteiger partial charge in [0.25, 0.3) is 0 Å². The van der Waals surface area contributed by atoms with E-state index in [1.54, 1.807) is 0 Å². The number of unbranched alkanes of at least 4 members (excludes halogenated alkanes) is 1. The van der Waals surface area contributed by atoms with E-state index in [9.17, 15) is 8.42 Å². The second-order valence-corrected chi connectivity index (χ2v) is 6.46. The van der Waals surface area contributed by atoms with Gasteiger partial charge in [-0.15, -0.1) is 24.0 Å². The Kier molecular flexibility index (Phi) is 10.5. The first-order chi connectivity index (χ1) is 9.06. The first-order valence-corrected chi connectivity index (χ1v) is 8.26. The van der Waals surface area contributed by atoms with Gasteiger partial charge in [0.2, 0.25) is 10.0 Å². The molecule has 0 saturated carbocycles. The number of aliphatic imine (C=N–C) groups is 1. The van der Waals surface area contributed by atoms with Gasteiger partial charge in [0.15, 0.2) is 5.96 Å². The van der Waals surface area contributed by atoms with E-state index in [2.05, 4.69) is 17.2 Å². The van der Waals surface area contributed by atoms with Crippen LogP contribution in [0.5, 0.6) is 0 Å². The minimum atomic E-state index is -3.22. The molecule has 7 nitrogen and oxygen atoms in total. The maximum absolute atomic E-state index is 12.0. The molecule has 3 N–H and O–H groups in total. The fourth-order valence-electron chi connectivity index (χ4n) is 1.68. The van der Waals surface area contributed by atoms with Gasteiger partial charge in [-0.2, -0.15) is 4.31 Å². The predicted octanol–water partition coefficient (Wildman–Crippen LogP) is -0.0292. The SMILES string of the molecule is CCCCN=C(N)NCCS(=O)(=O)N1CCOCC1.I. The van der Waals surface area contributed by atoms with E-state index in [-0.39, 0.29) is 36.3 Å². The second kappa shape index (κ2) is 10.6. The average molecular weight is 420 g/mol. The van der Waals surface area contributed by atoms with Crippen molar-refractivity contribution in [1.82, 2.24) is 9.62 Å². The summed E-state index contributed by atoms with van der Waals surface area (Å²) in [4.78, 5) is 4.10. The first kappa shape index (κ1) is 19.9. The highest BCUT2D eigenvalue weighted by Gasteiger charge is 2.23. The van der Waals surface area contributed by atoms with Crippen LogP contribution in [-0.4, -0.2) is 63.8 Å². The number of sulfonamides is 1. The normalized spacial score (nSPS) is 17.6. The van der Waals surface area contributed by atoms with Crippen LogP contribution >= 0.6 is 24.0 Å². The van der Waals surface area contributed by atoms with Crippen LogP contribution in [-0.2, 0) is 14.8 Å². The molecule has 1 aliphatic rings. The number of rotatable bonds is 7. The van der Waals surface area contributed by atoms with Crippen molar-refractivity contribution >= 4 is 40.0 Å². The summed E-state index contributed by atoms with van der Waals surface area (Å²) < 4.78 is 30.5. The van der Waals surface area contributed by atoms with Crippen molar-refractivity contribution in [2.75, 3.05) is 45.1 Å². The number of guanidine groups is 1. The summed E-state index contributed by atoms with van der Waals surface area (Å²) in [5.74, 6) is 0.336. The molecule has 0 radical (unpaired) electrons. The lowest BCUT2D eigenvalue weighted by atomic mass is 10.3. The summed E-state index contributed by atoms with van der Waals surface area (Å²) >= 11 is 0. The zero-order valence-electron chi connectivity index (χ0n) is 11.9. The zero-order chi connectivity index (χ0) is 14.1. The lowest BCUT2D eigenvalue weighted by Gasteiger charge is -2.26. The van der Waals surface area contributed by atoms with Crippen LogP contribution in [0.4, 0.5) is 0 Å². The number of morpholine rings is 1. The summed E-state index contributed by atoms with van der Waals surface area (Å²) in [5, 5.41) is 2.83. The molecule has 20 heavy (non-hydrogen) atoms. The van der Waals surface area contributed by atoms with Gasteiger partial charge >= 0.3 is 0 Å². The zero-order valence-corrected chi connectivity index (χ0v) is 15.0. The first-order valence-electron chi connectivity index (χ1n) is 6.65. The van der Waals surface area contributed by atoms with Crippen LogP contribution in [0.2, 0.25) is 0 Å². The van der Waals surface area contributed by atoms with Crippen molar-refractivity contribution in [3.63, 3.8) is 0 Å². The van der Waals surface area contributed by atoms with E-state index in [0.717, 1.165) is 12.8 Å². The van der Waals surface area contributed by atoms with E-state index in [0.29, 0.717) is 38.8 Å². The van der Waals surface area contributed by atoms with E-state index in [4.69, 9.17) is 10.5 Å². The van der Waals surface area contributed by atoms with E-state index >= 15 is 0 Å². The molecule has 0 aromatic carbocycles. The molecule has 0 atom stereocenters. The quantitative estimate of drug-likeness (QED) is 0.261. The molecule has 0 spiro atoms. The molecule has 9 heteroatoms. The largest absolute Gasteiger partial charge is 0.379 e. The van der Waals surface area contributed by atoms with Crippen molar-refractivity contribution in [1.29, 1.82) is 0 Å². The van der Waals surface area contributed by atoms with Gasteiger partial charge in [0.05, 0.1) is 19.0 Å². The van der Waals surface area contributed by atoms with Gasteiger partial charge in [-0.25, -0.2) is 8.42 Å². The van der Waals surface area contributed by atoms with Crippen LogP contribution in [0.3, 0.4) is 0 Å². The van der Waals surface area contributed by atoms with Gasteiger partial charge in [0, 0.05) is 26.2 Å². The highest BCUT2D eigenvalue weighted by Crippen LogP contribution is 2.04. The molecule has 0 bridgehead atoms. The Morgan fingerprint density at radius 1 is 1.40 bits per heavy atom. The highest BCUT2D eigenvalue weighted by atomic mass is 127. The van der Waals surface area contributed by atoms with Crippen molar-refractivity contribution in [2.45, 2.75) is 19.8 Å². The number of nitrogens with zero attached hydrogens (tertiary/aromatic N) is 2. The number of ether oxygens (including phenoxy) is 1. The third-order valence-corrected chi connectivity index (χ3v) is 4.70. The fraction of sp³-hybridized carbons (Fsp3) is 0.909. The number of nitrogens with two attached hydrogens (primary N) is 1. The molecule has 1 fully saturated rings. The number of halogens is 1. The maximum atomic E-state index is 12.0. The summed E-state index contributed by atoms with van der Waals surface area (Å²) in [6.07, 6.45) is 2.04. The molecule has 0 unspecified atom stereocenters. The average Bonchev–Trinajstić information content (AvgIpc) is 2.40. The molecule has 120 valence electrons. The summed E-state index contributed by atoms with van der Waals surface area (Å²) in [5.41, 5.74) is 5.63. The molecule has 1 saturated heterocycles. The topological polar surface area (TPSA) is 97.0 Å². The van der Waals surface area contributed by atoms with Gasteiger partial charge < -0.3 is 15.8 Å². The molecular weight excluding hydrogens is 395 g/mol. The molecule has 1 rings (SSSR count). The van der Waals surface area contributed by atoms with Crippen molar-refractivity contribution in [3.8, 4) is 0 Å². The van der Waals surface area contributed by atoms with Gasteiger partial charge in [-0.1, -0.05) is 13.3 Å². The Bertz CT molecular complexity index is 383. The van der Waals surface area contributed by atoms with Crippen LogP contribution in [0.15, 0.2) is 4.99 Å². The number of nitrogens with one attached hydrogen (secondary N) is 1. The number of hydrogen-bond acceptors (Lipinski definition) is 4. The van der Waals surface area contributed by atoms with Crippen LogP contribution < -0.4 is 11.1 Å². The van der Waals surface area contributed by atoms with Gasteiger partial charge in [0.1, 0.15) is 0 Å². The standard InChI is InChI=1S/C11H24N4O3S.HI/c1-2-3-4-13-11(12)14-5-10-19(16,17)15-6-8-18-9-7-15;/h2-10H2,1H3,(H3,12,13,14);1H. The lowest BCUT2D eigenvalue weighted by Crippen LogP contribution is -2.44. The Balaban J connectivity index is 0.00000361. The maximum Gasteiger partial charge on any atom is 0.215 e. The highest BCUT2D eigenvalue weighted by molar-refractivity contribution is 14.0. The third kappa shape index (κ3) is 7.60. The van der Waals surface area contributed by atoms with E-state index in [1.807, 2.05) is 0 Å². The number of hydrogen-bond donors (Lipinski definition) is 2. The molecule has 0 aliphatic carbocycles. The van der Waals surface area contributed by atoms with E-state index in [1.165, 1.54) is 4.31 Å². The second-order valence-electron chi connectivity index (χ2n) is 4.37. The fourth-order valence-corrected chi connectivity index (χ4v) is 3.00. The van der Waals surface area contributed by atoms with E-state index < -0.39 is 10.0 Å². The van der Waals surface area contributed by atoms with Gasteiger partial charge in [-0.05, 0) is 6.42 Å². The molecule has 0 aromatic rings. The van der Waals surface area contributed by atoms with Crippen molar-refractivity contribution < 1.29 is 13.2 Å². The van der Waals surface area contributed by atoms with Crippen LogP contribution in [0, 0.1) is 0 Å². The van der Waals surface area contributed by atoms with Crippen molar-refractivity contribution in [3.05, 3.63) is 0 Å². The van der Waals surface area contributed by atoms with Crippen LogP contribution in [0.25, 0.3) is 0 Å². The minimum absolute atomic E-state index is 0. The van der Waals surface area contributed by atoms with Crippen molar-refractivity contribution in [2.24, 2.45) is 10.7 Å². The Labute approximate surface area is 138 Å². The minimum Gasteiger partial charge on any atom is -0.379 e. The molecule has 1 heterocycles. The smallest absolute Gasteiger partial charge is 0.215 e. The predicted molar refractivity (Wildman–Crippen MR) is 91.0 cm³/mol. The summed E-state index contributed by atoms with van der Waals surface area (Å²) in [7, 11) is -3.22. The van der Waals surface area contributed by atoms with Gasteiger partial charge in [-0.3, -0.25) is 4.99 Å². The molecule has 0 amide bonds. The summed E-state index contributed by atoms with van der Waals surface area (Å²) in [6, 6.07) is 0.